The Kier molecular flexibility index (Phi) is 6.15. The van der Waals surface area contributed by atoms with E-state index in [-0.39, 0.29) is 5.56 Å². The van der Waals surface area contributed by atoms with Gasteiger partial charge in [-0.25, -0.2) is 4.39 Å². The summed E-state index contributed by atoms with van der Waals surface area (Å²) < 4.78 is 13.6. The molecule has 0 aliphatic rings. The van der Waals surface area contributed by atoms with Crippen LogP contribution < -0.4 is 11.1 Å². The van der Waals surface area contributed by atoms with Crippen molar-refractivity contribution in [2.45, 2.75) is 13.5 Å². The summed E-state index contributed by atoms with van der Waals surface area (Å²) >= 11 is 1.80. The Bertz CT molecular complexity index is 412. The monoisotopic (exact) mass is 270 g/mol. The van der Waals surface area contributed by atoms with Crippen LogP contribution in [-0.2, 0) is 6.54 Å². The number of rotatable bonds is 7. The maximum atomic E-state index is 13.6. The molecule has 0 fully saturated rings. The van der Waals surface area contributed by atoms with Crippen molar-refractivity contribution in [3.8, 4) is 0 Å². The standard InChI is InChI=1S/C13H19FN2OS/c1-9(8-18-2)6-16-7-11-4-3-10(13(15)17)5-12(11)14/h3-5,9,16H,6-8H2,1-2H3,(H2,15,17). The molecule has 1 amide bonds. The van der Waals surface area contributed by atoms with Gasteiger partial charge in [0.1, 0.15) is 5.82 Å². The predicted molar refractivity (Wildman–Crippen MR) is 74.2 cm³/mol. The van der Waals surface area contributed by atoms with Gasteiger partial charge in [0.15, 0.2) is 0 Å². The van der Waals surface area contributed by atoms with Gasteiger partial charge in [-0.2, -0.15) is 11.8 Å². The Morgan fingerprint density at radius 3 is 2.83 bits per heavy atom. The van der Waals surface area contributed by atoms with Crippen molar-refractivity contribution in [3.63, 3.8) is 0 Å². The van der Waals surface area contributed by atoms with Crippen LogP contribution in [0.3, 0.4) is 0 Å². The number of thioether (sulfide) groups is 1. The third-order valence-corrected chi connectivity index (χ3v) is 3.50. The fraction of sp³-hybridized carbons (Fsp3) is 0.462. The van der Waals surface area contributed by atoms with Crippen molar-refractivity contribution in [2.24, 2.45) is 11.7 Å². The lowest BCUT2D eigenvalue weighted by atomic mass is 10.1. The Morgan fingerprint density at radius 2 is 2.28 bits per heavy atom. The van der Waals surface area contributed by atoms with E-state index in [2.05, 4.69) is 18.5 Å². The highest BCUT2D eigenvalue weighted by atomic mass is 32.2. The first-order chi connectivity index (χ1) is 8.54. The summed E-state index contributed by atoms with van der Waals surface area (Å²) in [5.74, 6) is 0.627. The van der Waals surface area contributed by atoms with Gasteiger partial charge in [0, 0.05) is 17.7 Å². The van der Waals surface area contributed by atoms with Gasteiger partial charge in [0.25, 0.3) is 0 Å². The maximum Gasteiger partial charge on any atom is 0.248 e. The maximum absolute atomic E-state index is 13.6. The van der Waals surface area contributed by atoms with E-state index in [1.807, 2.05) is 0 Å². The molecule has 1 atom stereocenters. The number of amides is 1. The van der Waals surface area contributed by atoms with Gasteiger partial charge in [-0.1, -0.05) is 13.0 Å². The normalized spacial score (nSPS) is 12.4. The third-order valence-electron chi connectivity index (χ3n) is 2.60. The molecule has 18 heavy (non-hydrogen) atoms. The highest BCUT2D eigenvalue weighted by Gasteiger charge is 2.07. The zero-order valence-electron chi connectivity index (χ0n) is 10.7. The van der Waals surface area contributed by atoms with Crippen LogP contribution in [0.5, 0.6) is 0 Å². The molecule has 0 aromatic heterocycles. The van der Waals surface area contributed by atoms with Crippen LogP contribution in [0.2, 0.25) is 0 Å². The first-order valence-corrected chi connectivity index (χ1v) is 7.22. The fourth-order valence-electron chi connectivity index (χ4n) is 1.64. The largest absolute Gasteiger partial charge is 0.366 e. The average molecular weight is 270 g/mol. The minimum absolute atomic E-state index is 0.201. The van der Waals surface area contributed by atoms with E-state index in [0.29, 0.717) is 18.0 Å². The summed E-state index contributed by atoms with van der Waals surface area (Å²) in [5, 5.41) is 3.21. The molecule has 0 heterocycles. The number of hydrogen-bond donors (Lipinski definition) is 2. The van der Waals surface area contributed by atoms with Crippen molar-refractivity contribution in [2.75, 3.05) is 18.6 Å². The summed E-state index contributed by atoms with van der Waals surface area (Å²) in [4.78, 5) is 10.9. The summed E-state index contributed by atoms with van der Waals surface area (Å²) in [7, 11) is 0. The molecule has 5 heteroatoms. The molecule has 1 aromatic carbocycles. The van der Waals surface area contributed by atoms with Crippen molar-refractivity contribution < 1.29 is 9.18 Å². The predicted octanol–water partition coefficient (Wildman–Crippen LogP) is 2.01. The van der Waals surface area contributed by atoms with E-state index in [4.69, 9.17) is 5.73 Å². The number of hydrogen-bond acceptors (Lipinski definition) is 3. The molecule has 0 saturated heterocycles. The van der Waals surface area contributed by atoms with Crippen LogP contribution >= 0.6 is 11.8 Å². The minimum atomic E-state index is -0.609. The number of nitrogens with one attached hydrogen (secondary N) is 1. The number of carbonyl (C=O) groups is 1. The van der Waals surface area contributed by atoms with Crippen molar-refractivity contribution in [1.82, 2.24) is 5.32 Å². The molecular formula is C13H19FN2OS. The van der Waals surface area contributed by atoms with Gasteiger partial charge < -0.3 is 11.1 Å². The van der Waals surface area contributed by atoms with Gasteiger partial charge in [-0.05, 0) is 36.6 Å². The molecule has 0 aliphatic heterocycles. The van der Waals surface area contributed by atoms with Crippen LogP contribution in [0.15, 0.2) is 18.2 Å². The Hall–Kier alpha value is -1.07. The molecule has 3 N–H and O–H groups in total. The average Bonchev–Trinajstić information content (AvgIpc) is 2.31. The fourth-order valence-corrected chi connectivity index (χ4v) is 2.33. The first-order valence-electron chi connectivity index (χ1n) is 5.82. The second-order valence-electron chi connectivity index (χ2n) is 4.36. The van der Waals surface area contributed by atoms with E-state index >= 15 is 0 Å². The van der Waals surface area contributed by atoms with Gasteiger partial charge in [-0.15, -0.1) is 0 Å². The lowest BCUT2D eigenvalue weighted by Gasteiger charge is -2.11. The number of halogens is 1. The molecule has 100 valence electrons. The van der Waals surface area contributed by atoms with E-state index in [1.165, 1.54) is 6.07 Å². The van der Waals surface area contributed by atoms with Crippen LogP contribution in [-0.4, -0.2) is 24.5 Å². The lowest BCUT2D eigenvalue weighted by molar-refractivity contribution is 0.1000. The van der Waals surface area contributed by atoms with Crippen LogP contribution in [0, 0.1) is 11.7 Å². The smallest absolute Gasteiger partial charge is 0.248 e. The van der Waals surface area contributed by atoms with E-state index < -0.39 is 11.7 Å². The molecule has 3 nitrogen and oxygen atoms in total. The summed E-state index contributed by atoms with van der Waals surface area (Å²) in [6.07, 6.45) is 2.07. The SMILES string of the molecule is CSCC(C)CNCc1ccc(C(N)=O)cc1F. The first kappa shape index (κ1) is 15.0. The Balaban J connectivity index is 2.50. The van der Waals surface area contributed by atoms with Gasteiger partial charge >= 0.3 is 0 Å². The third kappa shape index (κ3) is 4.66. The number of carbonyl (C=O) groups excluding carboxylic acids is 1. The summed E-state index contributed by atoms with van der Waals surface area (Å²) in [6.45, 7) is 3.46. The number of nitrogens with two attached hydrogens (primary N) is 1. The summed E-state index contributed by atoms with van der Waals surface area (Å²) in [6, 6.07) is 4.33. The zero-order valence-corrected chi connectivity index (χ0v) is 11.5. The minimum Gasteiger partial charge on any atom is -0.366 e. The molecule has 0 bridgehead atoms. The van der Waals surface area contributed by atoms with Crippen LogP contribution in [0.25, 0.3) is 0 Å². The quantitative estimate of drug-likeness (QED) is 0.797. The van der Waals surface area contributed by atoms with Crippen LogP contribution in [0.4, 0.5) is 4.39 Å². The number of primary amides is 1. The Morgan fingerprint density at radius 1 is 1.56 bits per heavy atom. The van der Waals surface area contributed by atoms with Crippen molar-refractivity contribution in [1.29, 1.82) is 0 Å². The molecule has 1 aromatic rings. The highest BCUT2D eigenvalue weighted by molar-refractivity contribution is 7.98. The lowest BCUT2D eigenvalue weighted by Crippen LogP contribution is -2.22. The van der Waals surface area contributed by atoms with Crippen molar-refractivity contribution >= 4 is 17.7 Å². The second kappa shape index (κ2) is 7.38. The van der Waals surface area contributed by atoms with E-state index in [0.717, 1.165) is 12.3 Å². The number of benzene rings is 1. The Labute approximate surface area is 111 Å². The van der Waals surface area contributed by atoms with Crippen LogP contribution in [0.1, 0.15) is 22.8 Å². The van der Waals surface area contributed by atoms with Gasteiger partial charge in [0.05, 0.1) is 0 Å². The summed E-state index contributed by atoms with van der Waals surface area (Å²) in [5.41, 5.74) is 5.84. The zero-order chi connectivity index (χ0) is 13.5. The van der Waals surface area contributed by atoms with Gasteiger partial charge in [-0.3, -0.25) is 4.79 Å². The van der Waals surface area contributed by atoms with E-state index in [9.17, 15) is 9.18 Å². The van der Waals surface area contributed by atoms with E-state index in [1.54, 1.807) is 23.9 Å². The molecule has 0 spiro atoms. The van der Waals surface area contributed by atoms with Crippen molar-refractivity contribution in [3.05, 3.63) is 35.1 Å². The van der Waals surface area contributed by atoms with Gasteiger partial charge in [0.2, 0.25) is 5.91 Å². The molecule has 0 radical (unpaired) electrons. The molecule has 1 rings (SSSR count). The molecular weight excluding hydrogens is 251 g/mol. The topological polar surface area (TPSA) is 55.1 Å². The molecule has 0 aliphatic carbocycles. The second-order valence-corrected chi connectivity index (χ2v) is 5.27. The molecule has 1 unspecified atom stereocenters. The molecule has 0 saturated carbocycles. The highest BCUT2D eigenvalue weighted by Crippen LogP contribution is 2.10.